The summed E-state index contributed by atoms with van der Waals surface area (Å²) in [5, 5.41) is 0. The predicted molar refractivity (Wildman–Crippen MR) is 51.7 cm³/mol. The summed E-state index contributed by atoms with van der Waals surface area (Å²) >= 11 is 0. The van der Waals surface area contributed by atoms with Gasteiger partial charge in [0, 0.05) is 5.92 Å². The van der Waals surface area contributed by atoms with Crippen molar-refractivity contribution < 1.29 is 14.3 Å². The van der Waals surface area contributed by atoms with Crippen LogP contribution in [0.2, 0.25) is 0 Å². The molecule has 0 amide bonds. The standard InChI is InChI=1S/C11H16O3/c1-13-11(12)9-6-2-4-8-5-3-7-14-10(8)9/h3,5,8-10H,2,4,6-7H2,1H3/t8-,9-,10+/m0/s1. The molecule has 0 N–H and O–H groups in total. The van der Waals surface area contributed by atoms with Crippen LogP contribution >= 0.6 is 0 Å². The molecule has 2 aliphatic rings. The van der Waals surface area contributed by atoms with E-state index in [1.807, 2.05) is 6.08 Å². The molecule has 1 fully saturated rings. The topological polar surface area (TPSA) is 35.5 Å². The summed E-state index contributed by atoms with van der Waals surface area (Å²) < 4.78 is 10.4. The second-order valence-corrected chi connectivity index (χ2v) is 3.95. The first-order chi connectivity index (χ1) is 6.83. The van der Waals surface area contributed by atoms with Gasteiger partial charge < -0.3 is 9.47 Å². The Kier molecular flexibility index (Phi) is 2.87. The number of ether oxygens (including phenoxy) is 2. The number of esters is 1. The normalized spacial score (nSPS) is 36.2. The van der Waals surface area contributed by atoms with Gasteiger partial charge in [-0.15, -0.1) is 0 Å². The predicted octanol–water partition coefficient (Wildman–Crippen LogP) is 1.53. The molecule has 3 heteroatoms. The molecule has 0 radical (unpaired) electrons. The van der Waals surface area contributed by atoms with Gasteiger partial charge in [0.05, 0.1) is 25.7 Å². The van der Waals surface area contributed by atoms with E-state index in [4.69, 9.17) is 9.47 Å². The number of hydrogen-bond donors (Lipinski definition) is 0. The zero-order valence-electron chi connectivity index (χ0n) is 8.44. The van der Waals surface area contributed by atoms with Crippen molar-refractivity contribution in [2.75, 3.05) is 13.7 Å². The van der Waals surface area contributed by atoms with Crippen molar-refractivity contribution in [1.29, 1.82) is 0 Å². The smallest absolute Gasteiger partial charge is 0.311 e. The molecule has 0 spiro atoms. The zero-order chi connectivity index (χ0) is 9.97. The van der Waals surface area contributed by atoms with Crippen LogP contribution in [0.3, 0.4) is 0 Å². The molecule has 1 saturated carbocycles. The minimum absolute atomic E-state index is 0.0521. The average Bonchev–Trinajstić information content (AvgIpc) is 2.27. The Bertz CT molecular complexity index is 247. The van der Waals surface area contributed by atoms with E-state index in [0.717, 1.165) is 19.3 Å². The lowest BCUT2D eigenvalue weighted by Crippen LogP contribution is -2.41. The maximum Gasteiger partial charge on any atom is 0.311 e. The van der Waals surface area contributed by atoms with Gasteiger partial charge >= 0.3 is 5.97 Å². The molecule has 0 aromatic rings. The van der Waals surface area contributed by atoms with Crippen molar-refractivity contribution in [2.24, 2.45) is 11.8 Å². The summed E-state index contributed by atoms with van der Waals surface area (Å²) in [6, 6.07) is 0. The minimum Gasteiger partial charge on any atom is -0.469 e. The lowest BCUT2D eigenvalue weighted by molar-refractivity contribution is -0.155. The van der Waals surface area contributed by atoms with Crippen LogP contribution < -0.4 is 0 Å². The average molecular weight is 196 g/mol. The van der Waals surface area contributed by atoms with E-state index < -0.39 is 0 Å². The van der Waals surface area contributed by atoms with Crippen LogP contribution in [0.15, 0.2) is 12.2 Å². The van der Waals surface area contributed by atoms with Crippen LogP contribution in [0.1, 0.15) is 19.3 Å². The molecule has 0 aromatic carbocycles. The van der Waals surface area contributed by atoms with E-state index in [-0.39, 0.29) is 18.0 Å². The summed E-state index contributed by atoms with van der Waals surface area (Å²) in [6.07, 6.45) is 7.41. The van der Waals surface area contributed by atoms with E-state index in [0.29, 0.717) is 12.5 Å². The Morgan fingerprint density at radius 2 is 2.36 bits per heavy atom. The van der Waals surface area contributed by atoms with Gasteiger partial charge in [-0.05, 0) is 12.8 Å². The van der Waals surface area contributed by atoms with Crippen molar-refractivity contribution >= 4 is 5.97 Å². The highest BCUT2D eigenvalue weighted by Crippen LogP contribution is 2.35. The van der Waals surface area contributed by atoms with Crippen LogP contribution in [0, 0.1) is 11.8 Å². The first-order valence-electron chi connectivity index (χ1n) is 5.19. The highest BCUT2D eigenvalue weighted by Gasteiger charge is 2.38. The molecule has 0 unspecified atom stereocenters. The van der Waals surface area contributed by atoms with Gasteiger partial charge in [-0.3, -0.25) is 4.79 Å². The maximum atomic E-state index is 11.5. The third kappa shape index (κ3) is 1.69. The summed E-state index contributed by atoms with van der Waals surface area (Å²) in [7, 11) is 1.45. The number of fused-ring (bicyclic) bond motifs is 1. The lowest BCUT2D eigenvalue weighted by atomic mass is 9.77. The van der Waals surface area contributed by atoms with E-state index in [1.165, 1.54) is 7.11 Å². The third-order valence-electron chi connectivity index (χ3n) is 3.14. The summed E-state index contributed by atoms with van der Waals surface area (Å²) in [6.45, 7) is 0.634. The van der Waals surface area contributed by atoms with Crippen LogP contribution in [0.5, 0.6) is 0 Å². The fraction of sp³-hybridized carbons (Fsp3) is 0.727. The van der Waals surface area contributed by atoms with Gasteiger partial charge in [-0.25, -0.2) is 0 Å². The number of carbonyl (C=O) groups excluding carboxylic acids is 1. The first kappa shape index (κ1) is 9.71. The van der Waals surface area contributed by atoms with Crippen molar-refractivity contribution in [3.63, 3.8) is 0 Å². The molecule has 1 aliphatic carbocycles. The molecule has 1 heterocycles. The van der Waals surface area contributed by atoms with E-state index in [9.17, 15) is 4.79 Å². The second kappa shape index (κ2) is 4.13. The fourth-order valence-corrected chi connectivity index (χ4v) is 2.45. The van der Waals surface area contributed by atoms with Crippen molar-refractivity contribution in [2.45, 2.75) is 25.4 Å². The quantitative estimate of drug-likeness (QED) is 0.471. The number of methoxy groups -OCH3 is 1. The fourth-order valence-electron chi connectivity index (χ4n) is 2.45. The van der Waals surface area contributed by atoms with Crippen molar-refractivity contribution in [3.8, 4) is 0 Å². The zero-order valence-corrected chi connectivity index (χ0v) is 8.44. The van der Waals surface area contributed by atoms with Crippen molar-refractivity contribution in [1.82, 2.24) is 0 Å². The first-order valence-corrected chi connectivity index (χ1v) is 5.19. The van der Waals surface area contributed by atoms with Crippen LogP contribution in [-0.2, 0) is 14.3 Å². The van der Waals surface area contributed by atoms with E-state index >= 15 is 0 Å². The lowest BCUT2D eigenvalue weighted by Gasteiger charge is -2.36. The molecule has 2 rings (SSSR count). The molecule has 3 atom stereocenters. The monoisotopic (exact) mass is 196 g/mol. The largest absolute Gasteiger partial charge is 0.469 e. The molecular weight excluding hydrogens is 180 g/mol. The summed E-state index contributed by atoms with van der Waals surface area (Å²) in [5.41, 5.74) is 0. The van der Waals surface area contributed by atoms with Gasteiger partial charge in [-0.2, -0.15) is 0 Å². The highest BCUT2D eigenvalue weighted by molar-refractivity contribution is 5.73. The molecule has 0 bridgehead atoms. The Balaban J connectivity index is 2.10. The highest BCUT2D eigenvalue weighted by atomic mass is 16.5. The van der Waals surface area contributed by atoms with Crippen LogP contribution in [0.25, 0.3) is 0 Å². The van der Waals surface area contributed by atoms with Crippen LogP contribution in [-0.4, -0.2) is 25.8 Å². The van der Waals surface area contributed by atoms with Gasteiger partial charge in [-0.1, -0.05) is 18.6 Å². The van der Waals surface area contributed by atoms with E-state index in [2.05, 4.69) is 6.08 Å². The SMILES string of the molecule is COC(=O)[C@H]1CCC[C@H]2C=CCO[C@H]21. The number of rotatable bonds is 1. The molecular formula is C11H16O3. The van der Waals surface area contributed by atoms with Gasteiger partial charge in [0.2, 0.25) is 0 Å². The molecule has 78 valence electrons. The van der Waals surface area contributed by atoms with Crippen LogP contribution in [0.4, 0.5) is 0 Å². The summed E-state index contributed by atoms with van der Waals surface area (Å²) in [4.78, 5) is 11.5. The molecule has 0 aromatic heterocycles. The van der Waals surface area contributed by atoms with E-state index in [1.54, 1.807) is 0 Å². The minimum atomic E-state index is -0.116. The van der Waals surface area contributed by atoms with Gasteiger partial charge in [0.25, 0.3) is 0 Å². The number of hydrogen-bond acceptors (Lipinski definition) is 3. The van der Waals surface area contributed by atoms with Crippen molar-refractivity contribution in [3.05, 3.63) is 12.2 Å². The van der Waals surface area contributed by atoms with Gasteiger partial charge in [0.1, 0.15) is 0 Å². The number of carbonyl (C=O) groups is 1. The molecule has 3 nitrogen and oxygen atoms in total. The summed E-state index contributed by atoms with van der Waals surface area (Å²) in [5.74, 6) is 0.250. The third-order valence-corrected chi connectivity index (χ3v) is 3.14. The molecule has 14 heavy (non-hydrogen) atoms. The maximum absolute atomic E-state index is 11.5. The molecule has 1 aliphatic heterocycles. The second-order valence-electron chi connectivity index (χ2n) is 3.95. The Hall–Kier alpha value is -0.830. The Morgan fingerprint density at radius 1 is 1.50 bits per heavy atom. The Morgan fingerprint density at radius 3 is 3.14 bits per heavy atom. The molecule has 0 saturated heterocycles. The Labute approximate surface area is 84.1 Å². The van der Waals surface area contributed by atoms with Gasteiger partial charge in [0.15, 0.2) is 0 Å².